The van der Waals surface area contributed by atoms with Gasteiger partial charge in [0, 0.05) is 6.20 Å². The zero-order valence-corrected chi connectivity index (χ0v) is 12.2. The number of benzene rings is 1. The van der Waals surface area contributed by atoms with Gasteiger partial charge in [-0.25, -0.2) is 15.0 Å². The van der Waals surface area contributed by atoms with Crippen molar-refractivity contribution in [2.75, 3.05) is 0 Å². The van der Waals surface area contributed by atoms with E-state index in [0.717, 1.165) is 20.4 Å². The Bertz CT molecular complexity index is 733. The summed E-state index contributed by atoms with van der Waals surface area (Å²) in [4.78, 5) is 12.8. The fourth-order valence-electron chi connectivity index (χ4n) is 1.92. The molecule has 0 radical (unpaired) electrons. The van der Waals surface area contributed by atoms with Gasteiger partial charge < -0.3 is 0 Å². The van der Waals surface area contributed by atoms with Crippen molar-refractivity contribution in [3.63, 3.8) is 0 Å². The van der Waals surface area contributed by atoms with E-state index in [9.17, 15) is 0 Å². The van der Waals surface area contributed by atoms with Crippen LogP contribution in [0.15, 0.2) is 31.0 Å². The molecule has 2 heterocycles. The lowest BCUT2D eigenvalue weighted by molar-refractivity contribution is 0.981. The summed E-state index contributed by atoms with van der Waals surface area (Å²) in [6.45, 7) is 4.21. The predicted molar refractivity (Wildman–Crippen MR) is 78.9 cm³/mol. The first-order valence-corrected chi connectivity index (χ1v) is 6.65. The third kappa shape index (κ3) is 1.78. The van der Waals surface area contributed by atoms with E-state index in [2.05, 4.69) is 63.5 Å². The Balaban J connectivity index is 2.31. The fraction of sp³-hybridized carbons (Fsp3) is 0.154. The second kappa shape index (κ2) is 4.31. The smallest absolute Gasteiger partial charge is 0.155 e. The van der Waals surface area contributed by atoms with Gasteiger partial charge in [-0.1, -0.05) is 0 Å². The Kier molecular flexibility index (Phi) is 2.77. The SMILES string of the molecule is Cc1cc2ncn(-c3ncncc3I)c2cc1C. The molecule has 0 saturated heterocycles. The minimum absolute atomic E-state index is 0.872. The average molecular weight is 350 g/mol. The molecule has 3 rings (SSSR count). The van der Waals surface area contributed by atoms with E-state index >= 15 is 0 Å². The van der Waals surface area contributed by atoms with Gasteiger partial charge >= 0.3 is 0 Å². The van der Waals surface area contributed by atoms with Crippen molar-refractivity contribution in [1.82, 2.24) is 19.5 Å². The molecule has 0 aliphatic heterocycles. The number of hydrogen-bond acceptors (Lipinski definition) is 3. The van der Waals surface area contributed by atoms with Gasteiger partial charge in [-0.2, -0.15) is 0 Å². The molecule has 90 valence electrons. The molecule has 4 nitrogen and oxygen atoms in total. The van der Waals surface area contributed by atoms with Crippen molar-refractivity contribution >= 4 is 33.6 Å². The molecule has 0 N–H and O–H groups in total. The second-order valence-corrected chi connectivity index (χ2v) is 5.40. The predicted octanol–water partition coefficient (Wildman–Crippen LogP) is 3.04. The van der Waals surface area contributed by atoms with E-state index in [-0.39, 0.29) is 0 Å². The molecule has 2 aromatic heterocycles. The fourth-order valence-corrected chi connectivity index (χ4v) is 2.48. The van der Waals surface area contributed by atoms with E-state index in [4.69, 9.17) is 0 Å². The Morgan fingerprint density at radius 2 is 1.89 bits per heavy atom. The van der Waals surface area contributed by atoms with Gasteiger partial charge in [-0.15, -0.1) is 0 Å². The van der Waals surface area contributed by atoms with Crippen molar-refractivity contribution in [1.29, 1.82) is 0 Å². The maximum atomic E-state index is 4.44. The third-order valence-electron chi connectivity index (χ3n) is 3.04. The molecule has 0 spiro atoms. The highest BCUT2D eigenvalue weighted by atomic mass is 127. The molecule has 0 atom stereocenters. The summed E-state index contributed by atoms with van der Waals surface area (Å²) < 4.78 is 3.01. The zero-order chi connectivity index (χ0) is 12.7. The van der Waals surface area contributed by atoms with Crippen LogP contribution in [0, 0.1) is 17.4 Å². The number of fused-ring (bicyclic) bond motifs is 1. The molecule has 18 heavy (non-hydrogen) atoms. The highest BCUT2D eigenvalue weighted by molar-refractivity contribution is 14.1. The van der Waals surface area contributed by atoms with E-state index < -0.39 is 0 Å². The van der Waals surface area contributed by atoms with Crippen molar-refractivity contribution in [3.05, 3.63) is 45.7 Å². The first-order valence-electron chi connectivity index (χ1n) is 5.57. The van der Waals surface area contributed by atoms with Crippen LogP contribution in [0.3, 0.4) is 0 Å². The lowest BCUT2D eigenvalue weighted by Gasteiger charge is -2.06. The lowest BCUT2D eigenvalue weighted by Crippen LogP contribution is -1.99. The van der Waals surface area contributed by atoms with Crippen LogP contribution in [0.2, 0.25) is 0 Å². The number of aromatic nitrogens is 4. The molecule has 0 aliphatic rings. The van der Waals surface area contributed by atoms with Gasteiger partial charge in [0.15, 0.2) is 5.82 Å². The van der Waals surface area contributed by atoms with E-state index in [1.54, 1.807) is 12.5 Å². The Labute approximate surface area is 118 Å². The van der Waals surface area contributed by atoms with E-state index in [1.165, 1.54) is 11.1 Å². The monoisotopic (exact) mass is 350 g/mol. The topological polar surface area (TPSA) is 43.6 Å². The van der Waals surface area contributed by atoms with Gasteiger partial charge in [-0.3, -0.25) is 4.57 Å². The summed E-state index contributed by atoms with van der Waals surface area (Å²) >= 11 is 2.24. The number of hydrogen-bond donors (Lipinski definition) is 0. The molecule has 1 aromatic carbocycles. The van der Waals surface area contributed by atoms with E-state index in [0.29, 0.717) is 0 Å². The molecule has 0 amide bonds. The van der Waals surface area contributed by atoms with Crippen molar-refractivity contribution < 1.29 is 0 Å². The van der Waals surface area contributed by atoms with Crippen LogP contribution in [0.25, 0.3) is 16.9 Å². The Morgan fingerprint density at radius 1 is 1.11 bits per heavy atom. The van der Waals surface area contributed by atoms with Crippen molar-refractivity contribution in [2.45, 2.75) is 13.8 Å². The first-order chi connectivity index (χ1) is 8.66. The zero-order valence-electron chi connectivity index (χ0n) is 10.1. The molecular formula is C13H11IN4. The molecule has 0 fully saturated rings. The molecule has 3 aromatic rings. The molecule has 5 heteroatoms. The molecule has 0 bridgehead atoms. The van der Waals surface area contributed by atoms with Crippen LogP contribution >= 0.6 is 22.6 Å². The van der Waals surface area contributed by atoms with Gasteiger partial charge in [0.05, 0.1) is 14.6 Å². The molecule has 0 aliphatic carbocycles. The average Bonchev–Trinajstić information content (AvgIpc) is 2.73. The summed E-state index contributed by atoms with van der Waals surface area (Å²) in [7, 11) is 0. The summed E-state index contributed by atoms with van der Waals surface area (Å²) in [6.07, 6.45) is 5.17. The van der Waals surface area contributed by atoms with Crippen LogP contribution in [-0.4, -0.2) is 19.5 Å². The first kappa shape index (κ1) is 11.6. The third-order valence-corrected chi connectivity index (χ3v) is 3.80. The second-order valence-electron chi connectivity index (χ2n) is 4.23. The molecule has 0 unspecified atom stereocenters. The van der Waals surface area contributed by atoms with Crippen molar-refractivity contribution in [3.8, 4) is 5.82 Å². The number of imidazole rings is 1. The van der Waals surface area contributed by atoms with Crippen LogP contribution in [-0.2, 0) is 0 Å². The lowest BCUT2D eigenvalue weighted by atomic mass is 10.1. The normalized spacial score (nSPS) is 11.1. The van der Waals surface area contributed by atoms with Gasteiger partial charge in [0.25, 0.3) is 0 Å². The van der Waals surface area contributed by atoms with Crippen LogP contribution in [0.1, 0.15) is 11.1 Å². The highest BCUT2D eigenvalue weighted by Crippen LogP contribution is 2.22. The van der Waals surface area contributed by atoms with Gasteiger partial charge in [-0.05, 0) is 59.7 Å². The number of rotatable bonds is 1. The highest BCUT2D eigenvalue weighted by Gasteiger charge is 2.09. The Morgan fingerprint density at radius 3 is 2.67 bits per heavy atom. The number of aryl methyl sites for hydroxylation is 2. The Hall–Kier alpha value is -1.50. The maximum absolute atomic E-state index is 4.44. The van der Waals surface area contributed by atoms with Crippen LogP contribution < -0.4 is 0 Å². The van der Waals surface area contributed by atoms with Gasteiger partial charge in [0.2, 0.25) is 0 Å². The van der Waals surface area contributed by atoms with E-state index in [1.807, 2.05) is 10.9 Å². The standard InChI is InChI=1S/C13H11IN4/c1-8-3-11-12(4-9(8)2)18(7-17-11)13-10(14)5-15-6-16-13/h3-7H,1-2H3. The summed E-state index contributed by atoms with van der Waals surface area (Å²) in [5.74, 6) is 0.872. The summed E-state index contributed by atoms with van der Waals surface area (Å²) in [5.41, 5.74) is 4.58. The summed E-state index contributed by atoms with van der Waals surface area (Å²) in [6, 6.07) is 4.26. The number of halogens is 1. The molecular weight excluding hydrogens is 339 g/mol. The maximum Gasteiger partial charge on any atom is 0.155 e. The minimum Gasteiger partial charge on any atom is -0.282 e. The van der Waals surface area contributed by atoms with Crippen LogP contribution in [0.5, 0.6) is 0 Å². The summed E-state index contributed by atoms with van der Waals surface area (Å²) in [5, 5.41) is 0. The largest absolute Gasteiger partial charge is 0.282 e. The minimum atomic E-state index is 0.872. The van der Waals surface area contributed by atoms with Gasteiger partial charge in [0.1, 0.15) is 12.7 Å². The quantitative estimate of drug-likeness (QED) is 0.634. The number of nitrogens with zero attached hydrogens (tertiary/aromatic N) is 4. The van der Waals surface area contributed by atoms with Crippen molar-refractivity contribution in [2.24, 2.45) is 0 Å². The van der Waals surface area contributed by atoms with Crippen LogP contribution in [0.4, 0.5) is 0 Å². The molecule has 0 saturated carbocycles.